The third kappa shape index (κ3) is 3.22. The number of aromatic nitrogens is 1. The molecule has 1 fully saturated rings. The fraction of sp³-hybridized carbons (Fsp3) is 0.273. The molecule has 0 bridgehead atoms. The molecule has 0 radical (unpaired) electrons. The molecule has 1 N–H and O–H groups in total. The number of furan rings is 1. The number of nitrogens with one attached hydrogen (secondary N) is 1. The number of oxazole rings is 1. The Morgan fingerprint density at radius 1 is 1.04 bits per heavy atom. The van der Waals surface area contributed by atoms with E-state index in [0.717, 1.165) is 46.6 Å². The summed E-state index contributed by atoms with van der Waals surface area (Å²) in [5, 5.41) is 4.01. The average molecular weight is 375 g/mol. The first kappa shape index (κ1) is 16.9. The number of benzene rings is 2. The summed E-state index contributed by atoms with van der Waals surface area (Å²) in [6.45, 7) is 1.77. The van der Waals surface area contributed by atoms with E-state index in [1.807, 2.05) is 59.5 Å². The lowest BCUT2D eigenvalue weighted by Gasteiger charge is -2.30. The van der Waals surface area contributed by atoms with Crippen LogP contribution in [0.4, 0.5) is 4.79 Å². The Balaban J connectivity index is 1.17. The average Bonchev–Trinajstić information content (AvgIpc) is 3.35. The van der Waals surface area contributed by atoms with Gasteiger partial charge in [-0.15, -0.1) is 0 Å². The summed E-state index contributed by atoms with van der Waals surface area (Å²) in [5.74, 6) is 1.80. The van der Waals surface area contributed by atoms with Crippen LogP contribution in [0.15, 0.2) is 63.4 Å². The normalized spacial score (nSPS) is 15.4. The number of urea groups is 1. The van der Waals surface area contributed by atoms with E-state index in [2.05, 4.69) is 10.3 Å². The van der Waals surface area contributed by atoms with Gasteiger partial charge < -0.3 is 19.1 Å². The zero-order chi connectivity index (χ0) is 18.9. The summed E-state index contributed by atoms with van der Waals surface area (Å²) >= 11 is 0. The molecule has 2 aromatic heterocycles. The summed E-state index contributed by atoms with van der Waals surface area (Å²) in [5.41, 5.74) is 2.55. The van der Waals surface area contributed by atoms with Crippen LogP contribution >= 0.6 is 0 Å². The van der Waals surface area contributed by atoms with Crippen LogP contribution in [-0.4, -0.2) is 29.0 Å². The van der Waals surface area contributed by atoms with Gasteiger partial charge in [-0.1, -0.05) is 30.3 Å². The molecule has 2 amide bonds. The van der Waals surface area contributed by atoms with Crippen molar-refractivity contribution in [3.05, 3.63) is 66.2 Å². The molecule has 28 heavy (non-hydrogen) atoms. The van der Waals surface area contributed by atoms with E-state index in [9.17, 15) is 4.79 Å². The number of nitrogens with zero attached hydrogens (tertiary/aromatic N) is 2. The maximum atomic E-state index is 12.5. The Bertz CT molecular complexity index is 1060. The molecule has 3 heterocycles. The molecule has 5 rings (SSSR count). The number of amides is 2. The summed E-state index contributed by atoms with van der Waals surface area (Å²) in [6.07, 6.45) is 1.70. The number of hydrogen-bond acceptors (Lipinski definition) is 4. The van der Waals surface area contributed by atoms with E-state index in [1.54, 1.807) is 0 Å². The zero-order valence-electron chi connectivity index (χ0n) is 15.4. The van der Waals surface area contributed by atoms with E-state index >= 15 is 0 Å². The Morgan fingerprint density at radius 2 is 1.79 bits per heavy atom. The number of fused-ring (bicyclic) bond motifs is 2. The van der Waals surface area contributed by atoms with E-state index in [4.69, 9.17) is 8.83 Å². The van der Waals surface area contributed by atoms with Crippen LogP contribution in [-0.2, 0) is 6.54 Å². The number of carbonyl (C=O) groups is 1. The van der Waals surface area contributed by atoms with Gasteiger partial charge in [0, 0.05) is 24.4 Å². The minimum atomic E-state index is -0.0588. The number of hydrogen-bond donors (Lipinski definition) is 1. The number of carbonyl (C=O) groups excluding carboxylic acids is 1. The molecule has 142 valence electrons. The molecular weight excluding hydrogens is 354 g/mol. The first-order valence-corrected chi connectivity index (χ1v) is 9.62. The SMILES string of the molecule is O=C(NCc1cc2ccccc2o1)N1CCC(c2nc3ccccc3o2)CC1. The predicted octanol–water partition coefficient (Wildman–Crippen LogP) is 4.66. The van der Waals surface area contributed by atoms with Crippen LogP contribution < -0.4 is 5.32 Å². The first-order chi connectivity index (χ1) is 13.8. The molecular formula is C22H21N3O3. The number of piperidine rings is 1. The van der Waals surface area contributed by atoms with Crippen molar-refractivity contribution in [2.45, 2.75) is 25.3 Å². The topological polar surface area (TPSA) is 71.5 Å². The van der Waals surface area contributed by atoms with Gasteiger partial charge in [0.05, 0.1) is 6.54 Å². The van der Waals surface area contributed by atoms with E-state index in [1.165, 1.54) is 0 Å². The van der Waals surface area contributed by atoms with Gasteiger partial charge in [0.25, 0.3) is 0 Å². The van der Waals surface area contributed by atoms with Crippen LogP contribution in [0.5, 0.6) is 0 Å². The van der Waals surface area contributed by atoms with Gasteiger partial charge >= 0.3 is 6.03 Å². The van der Waals surface area contributed by atoms with Crippen molar-refractivity contribution in [2.24, 2.45) is 0 Å². The fourth-order valence-electron chi connectivity index (χ4n) is 3.79. The summed E-state index contributed by atoms with van der Waals surface area (Å²) < 4.78 is 11.7. The predicted molar refractivity (Wildman–Crippen MR) is 106 cm³/mol. The standard InChI is InChI=1S/C22H21N3O3/c26-22(23-14-17-13-16-5-1-3-7-19(16)27-17)25-11-9-15(10-12-25)21-24-18-6-2-4-8-20(18)28-21/h1-8,13,15H,9-12,14H2,(H,23,26). The molecule has 0 unspecified atom stereocenters. The molecule has 2 aromatic carbocycles. The minimum absolute atomic E-state index is 0.0588. The molecule has 1 saturated heterocycles. The molecule has 4 aromatic rings. The van der Waals surface area contributed by atoms with Crippen molar-refractivity contribution >= 4 is 28.1 Å². The Labute approximate surface area is 162 Å². The third-order valence-corrected chi connectivity index (χ3v) is 5.33. The van der Waals surface area contributed by atoms with Crippen LogP contribution in [0, 0.1) is 0 Å². The fourth-order valence-corrected chi connectivity index (χ4v) is 3.79. The van der Waals surface area contributed by atoms with Crippen LogP contribution in [0.2, 0.25) is 0 Å². The Hall–Kier alpha value is -3.28. The highest BCUT2D eigenvalue weighted by Gasteiger charge is 2.27. The van der Waals surface area contributed by atoms with Crippen LogP contribution in [0.1, 0.15) is 30.4 Å². The van der Waals surface area contributed by atoms with Gasteiger partial charge in [-0.2, -0.15) is 0 Å². The van der Waals surface area contributed by atoms with E-state index in [-0.39, 0.29) is 11.9 Å². The second-order valence-corrected chi connectivity index (χ2v) is 7.19. The van der Waals surface area contributed by atoms with Gasteiger partial charge in [0.15, 0.2) is 11.5 Å². The number of para-hydroxylation sites is 3. The highest BCUT2D eigenvalue weighted by atomic mass is 16.3. The molecule has 0 atom stereocenters. The lowest BCUT2D eigenvalue weighted by atomic mass is 9.97. The molecule has 0 spiro atoms. The largest absolute Gasteiger partial charge is 0.459 e. The first-order valence-electron chi connectivity index (χ1n) is 9.62. The number of likely N-dealkylation sites (tertiary alicyclic amines) is 1. The van der Waals surface area contributed by atoms with Crippen molar-refractivity contribution in [3.8, 4) is 0 Å². The molecule has 0 aliphatic carbocycles. The van der Waals surface area contributed by atoms with Crippen molar-refractivity contribution in [1.82, 2.24) is 15.2 Å². The van der Waals surface area contributed by atoms with Gasteiger partial charge in [-0.3, -0.25) is 0 Å². The highest BCUT2D eigenvalue weighted by molar-refractivity contribution is 5.78. The van der Waals surface area contributed by atoms with Crippen molar-refractivity contribution in [1.29, 1.82) is 0 Å². The second-order valence-electron chi connectivity index (χ2n) is 7.19. The molecule has 0 saturated carbocycles. The van der Waals surface area contributed by atoms with Gasteiger partial charge in [0.1, 0.15) is 16.9 Å². The van der Waals surface area contributed by atoms with E-state index in [0.29, 0.717) is 19.6 Å². The third-order valence-electron chi connectivity index (χ3n) is 5.33. The Kier molecular flexibility index (Phi) is 4.24. The highest BCUT2D eigenvalue weighted by Crippen LogP contribution is 2.30. The lowest BCUT2D eigenvalue weighted by molar-refractivity contribution is 0.176. The van der Waals surface area contributed by atoms with Gasteiger partial charge in [-0.25, -0.2) is 9.78 Å². The maximum Gasteiger partial charge on any atom is 0.317 e. The number of rotatable bonds is 3. The summed E-state index contributed by atoms with van der Waals surface area (Å²) in [6, 6.07) is 17.6. The van der Waals surface area contributed by atoms with Gasteiger partial charge in [-0.05, 0) is 37.1 Å². The summed E-state index contributed by atoms with van der Waals surface area (Å²) in [4.78, 5) is 19.0. The lowest BCUT2D eigenvalue weighted by Crippen LogP contribution is -2.43. The van der Waals surface area contributed by atoms with Crippen molar-refractivity contribution < 1.29 is 13.6 Å². The molecule has 1 aliphatic rings. The molecule has 6 heteroatoms. The second kappa shape index (κ2) is 7.03. The van der Waals surface area contributed by atoms with E-state index < -0.39 is 0 Å². The van der Waals surface area contributed by atoms with Gasteiger partial charge in [0.2, 0.25) is 0 Å². The summed E-state index contributed by atoms with van der Waals surface area (Å²) in [7, 11) is 0. The van der Waals surface area contributed by atoms with Crippen molar-refractivity contribution in [3.63, 3.8) is 0 Å². The monoisotopic (exact) mass is 375 g/mol. The van der Waals surface area contributed by atoms with Crippen LogP contribution in [0.3, 0.4) is 0 Å². The minimum Gasteiger partial charge on any atom is -0.459 e. The van der Waals surface area contributed by atoms with Crippen LogP contribution in [0.25, 0.3) is 22.1 Å². The molecule has 6 nitrogen and oxygen atoms in total. The molecule has 1 aliphatic heterocycles. The Morgan fingerprint density at radius 3 is 2.57 bits per heavy atom. The zero-order valence-corrected chi connectivity index (χ0v) is 15.4. The van der Waals surface area contributed by atoms with Crippen molar-refractivity contribution in [2.75, 3.05) is 13.1 Å². The quantitative estimate of drug-likeness (QED) is 0.565. The smallest absolute Gasteiger partial charge is 0.317 e. The maximum absolute atomic E-state index is 12.5.